The summed E-state index contributed by atoms with van der Waals surface area (Å²) in [6.45, 7) is 1.60. The van der Waals surface area contributed by atoms with E-state index in [2.05, 4.69) is 10.2 Å². The number of rotatable bonds is 4. The van der Waals surface area contributed by atoms with Crippen molar-refractivity contribution in [1.29, 1.82) is 0 Å². The first-order chi connectivity index (χ1) is 15.2. The Morgan fingerprint density at radius 1 is 1.00 bits per heavy atom. The molecule has 2 heterocycles. The molecule has 0 N–H and O–H groups in total. The Morgan fingerprint density at radius 2 is 1.84 bits per heavy atom. The number of nitrogens with zero attached hydrogens (tertiary/aromatic N) is 3. The number of hydrogen-bond acceptors (Lipinski definition) is 3. The van der Waals surface area contributed by atoms with Crippen LogP contribution in [0.5, 0.6) is 0 Å². The van der Waals surface area contributed by atoms with Gasteiger partial charge in [0.05, 0.1) is 11.9 Å². The Hall–Kier alpha value is -3.08. The van der Waals surface area contributed by atoms with Crippen molar-refractivity contribution in [1.82, 2.24) is 15.1 Å². The van der Waals surface area contributed by atoms with Gasteiger partial charge in [0.1, 0.15) is 5.82 Å². The van der Waals surface area contributed by atoms with Gasteiger partial charge in [-0.15, -0.1) is 0 Å². The van der Waals surface area contributed by atoms with Gasteiger partial charge in [-0.1, -0.05) is 18.2 Å². The van der Waals surface area contributed by atoms with Crippen molar-refractivity contribution < 1.29 is 9.18 Å². The second-order valence-electron chi connectivity index (χ2n) is 8.57. The summed E-state index contributed by atoms with van der Waals surface area (Å²) in [5.74, 6) is -0.252. The van der Waals surface area contributed by atoms with E-state index in [-0.39, 0.29) is 11.7 Å². The van der Waals surface area contributed by atoms with E-state index in [1.165, 1.54) is 30.0 Å². The van der Waals surface area contributed by atoms with Gasteiger partial charge in [-0.05, 0) is 85.0 Å². The summed E-state index contributed by atoms with van der Waals surface area (Å²) < 4.78 is 14.8. The molecular formula is C26H26FN3O. The molecule has 1 amide bonds. The van der Waals surface area contributed by atoms with Crippen molar-refractivity contribution in [2.24, 2.45) is 0 Å². The quantitative estimate of drug-likeness (QED) is 0.603. The van der Waals surface area contributed by atoms with Gasteiger partial charge in [0.2, 0.25) is 0 Å². The van der Waals surface area contributed by atoms with E-state index in [9.17, 15) is 9.18 Å². The van der Waals surface area contributed by atoms with E-state index in [0.29, 0.717) is 17.5 Å². The third-order valence-corrected chi connectivity index (χ3v) is 6.47. The fourth-order valence-corrected chi connectivity index (χ4v) is 4.79. The number of fused-ring (bicyclic) bond motifs is 1. The minimum absolute atomic E-state index is 0.0297. The number of likely N-dealkylation sites (tertiary alicyclic amines) is 1. The average Bonchev–Trinajstić information content (AvgIpc) is 3.35. The van der Waals surface area contributed by atoms with Crippen LogP contribution in [0.15, 0.2) is 48.7 Å². The van der Waals surface area contributed by atoms with Crippen LogP contribution in [0.4, 0.5) is 4.39 Å². The van der Waals surface area contributed by atoms with Gasteiger partial charge in [0.25, 0.3) is 5.91 Å². The largest absolute Gasteiger partial charge is 0.339 e. The molecule has 1 saturated heterocycles. The average molecular weight is 416 g/mol. The van der Waals surface area contributed by atoms with Crippen LogP contribution in [-0.2, 0) is 19.3 Å². The van der Waals surface area contributed by atoms with Crippen LogP contribution < -0.4 is 0 Å². The Kier molecular flexibility index (Phi) is 5.49. The first-order valence-electron chi connectivity index (χ1n) is 11.2. The molecule has 4 nitrogen and oxygen atoms in total. The summed E-state index contributed by atoms with van der Waals surface area (Å²) in [6.07, 6.45) is 9.10. The maximum absolute atomic E-state index is 14.8. The van der Waals surface area contributed by atoms with Gasteiger partial charge < -0.3 is 4.90 Å². The van der Waals surface area contributed by atoms with Crippen LogP contribution in [0.1, 0.15) is 58.4 Å². The molecule has 31 heavy (non-hydrogen) atoms. The van der Waals surface area contributed by atoms with Crippen LogP contribution in [0.25, 0.3) is 11.1 Å². The van der Waals surface area contributed by atoms with E-state index in [4.69, 9.17) is 0 Å². The first kappa shape index (κ1) is 19.9. The number of aromatic nitrogens is 2. The molecular weight excluding hydrogens is 389 g/mol. The molecule has 5 heteroatoms. The molecule has 2 aliphatic rings. The maximum atomic E-state index is 14.8. The monoisotopic (exact) mass is 415 g/mol. The Labute approximate surface area is 182 Å². The lowest BCUT2D eigenvalue weighted by molar-refractivity contribution is 0.0793. The Balaban J connectivity index is 1.44. The molecule has 0 bridgehead atoms. The van der Waals surface area contributed by atoms with Gasteiger partial charge in [-0.25, -0.2) is 4.39 Å². The van der Waals surface area contributed by atoms with Gasteiger partial charge in [0.15, 0.2) is 0 Å². The fourth-order valence-electron chi connectivity index (χ4n) is 4.79. The van der Waals surface area contributed by atoms with Crippen molar-refractivity contribution in [3.63, 3.8) is 0 Å². The third kappa shape index (κ3) is 4.09. The van der Waals surface area contributed by atoms with Gasteiger partial charge in [-0.3, -0.25) is 4.79 Å². The first-order valence-corrected chi connectivity index (χ1v) is 11.2. The van der Waals surface area contributed by atoms with Crippen molar-refractivity contribution >= 4 is 5.91 Å². The molecule has 0 saturated carbocycles. The molecule has 1 aliphatic carbocycles. The highest BCUT2D eigenvalue weighted by molar-refractivity contribution is 5.95. The fraction of sp³-hybridized carbons (Fsp3) is 0.346. The standard InChI is InChI=1S/C26H26FN3O/c27-24-11-10-18(15-25-22-9-2-1-6-21(22)17-28-29-25)14-23(24)19-7-5-8-20(16-19)26(31)30-12-3-4-13-30/h5,7-8,10-11,14,16-17H,1-4,6,9,12-13,15H2. The topological polar surface area (TPSA) is 46.1 Å². The summed E-state index contributed by atoms with van der Waals surface area (Å²) in [4.78, 5) is 14.7. The summed E-state index contributed by atoms with van der Waals surface area (Å²) >= 11 is 0. The zero-order valence-corrected chi connectivity index (χ0v) is 17.6. The number of amides is 1. The minimum atomic E-state index is -0.282. The summed E-state index contributed by atoms with van der Waals surface area (Å²) in [5, 5.41) is 8.59. The van der Waals surface area contributed by atoms with Crippen LogP contribution in [0.2, 0.25) is 0 Å². The maximum Gasteiger partial charge on any atom is 0.253 e. The Bertz CT molecular complexity index is 1120. The summed E-state index contributed by atoms with van der Waals surface area (Å²) in [6, 6.07) is 12.6. The molecule has 0 radical (unpaired) electrons. The smallest absolute Gasteiger partial charge is 0.253 e. The second-order valence-corrected chi connectivity index (χ2v) is 8.57. The Morgan fingerprint density at radius 3 is 2.71 bits per heavy atom. The van der Waals surface area contributed by atoms with Gasteiger partial charge >= 0.3 is 0 Å². The molecule has 0 spiro atoms. The van der Waals surface area contributed by atoms with Crippen molar-refractivity contribution in [2.75, 3.05) is 13.1 Å². The van der Waals surface area contributed by atoms with Crippen molar-refractivity contribution in [2.45, 2.75) is 44.9 Å². The molecule has 2 aromatic carbocycles. The lowest BCUT2D eigenvalue weighted by Gasteiger charge is -2.18. The number of hydrogen-bond donors (Lipinski definition) is 0. The number of benzene rings is 2. The van der Waals surface area contributed by atoms with Gasteiger partial charge in [-0.2, -0.15) is 10.2 Å². The number of halogens is 1. The molecule has 0 unspecified atom stereocenters. The summed E-state index contributed by atoms with van der Waals surface area (Å²) in [7, 11) is 0. The lowest BCUT2D eigenvalue weighted by atomic mass is 9.90. The minimum Gasteiger partial charge on any atom is -0.339 e. The predicted octanol–water partition coefficient (Wildman–Crippen LogP) is 4.99. The molecule has 1 fully saturated rings. The highest BCUT2D eigenvalue weighted by Gasteiger charge is 2.20. The van der Waals surface area contributed by atoms with Crippen molar-refractivity contribution in [3.05, 3.63) is 82.4 Å². The molecule has 5 rings (SSSR count). The van der Waals surface area contributed by atoms with E-state index < -0.39 is 0 Å². The zero-order valence-electron chi connectivity index (χ0n) is 17.6. The van der Waals surface area contributed by atoms with Crippen LogP contribution in [0.3, 0.4) is 0 Å². The molecule has 0 atom stereocenters. The van der Waals surface area contributed by atoms with E-state index in [1.807, 2.05) is 47.5 Å². The SMILES string of the molecule is O=C(c1cccc(-c2cc(Cc3nncc4c3CCCC4)ccc2F)c1)N1CCCC1. The normalized spacial score (nSPS) is 15.7. The predicted molar refractivity (Wildman–Crippen MR) is 118 cm³/mol. The lowest BCUT2D eigenvalue weighted by Crippen LogP contribution is -2.27. The summed E-state index contributed by atoms with van der Waals surface area (Å²) in [5.41, 5.74) is 6.47. The molecule has 1 aliphatic heterocycles. The van der Waals surface area contributed by atoms with Crippen LogP contribution in [-0.4, -0.2) is 34.1 Å². The molecule has 1 aromatic heterocycles. The zero-order chi connectivity index (χ0) is 21.2. The van der Waals surface area contributed by atoms with Crippen molar-refractivity contribution in [3.8, 4) is 11.1 Å². The van der Waals surface area contributed by atoms with E-state index in [0.717, 1.165) is 55.6 Å². The van der Waals surface area contributed by atoms with Crippen LogP contribution in [0, 0.1) is 5.82 Å². The van der Waals surface area contributed by atoms with E-state index >= 15 is 0 Å². The number of aryl methyl sites for hydroxylation is 1. The van der Waals surface area contributed by atoms with E-state index in [1.54, 1.807) is 0 Å². The van der Waals surface area contributed by atoms with Gasteiger partial charge in [0, 0.05) is 30.6 Å². The number of carbonyl (C=O) groups is 1. The number of carbonyl (C=O) groups excluding carboxylic acids is 1. The second kappa shape index (κ2) is 8.58. The molecule has 3 aromatic rings. The van der Waals surface area contributed by atoms with Crippen LogP contribution >= 0.6 is 0 Å². The highest BCUT2D eigenvalue weighted by Crippen LogP contribution is 2.28. The molecule has 158 valence electrons. The highest BCUT2D eigenvalue weighted by atomic mass is 19.1. The third-order valence-electron chi connectivity index (χ3n) is 6.47.